The zero-order valence-electron chi connectivity index (χ0n) is 10.3. The van der Waals surface area contributed by atoms with E-state index in [1.54, 1.807) is 0 Å². The highest BCUT2D eigenvalue weighted by atomic mass is 15.3. The number of rotatable bonds is 3. The zero-order valence-corrected chi connectivity index (χ0v) is 10.3. The van der Waals surface area contributed by atoms with Crippen molar-refractivity contribution in [3.05, 3.63) is 30.5 Å². The van der Waals surface area contributed by atoms with E-state index in [4.69, 9.17) is 0 Å². The lowest BCUT2D eigenvalue weighted by atomic mass is 10.2. The van der Waals surface area contributed by atoms with E-state index in [0.717, 1.165) is 6.54 Å². The summed E-state index contributed by atoms with van der Waals surface area (Å²) in [7, 11) is 0. The van der Waals surface area contributed by atoms with E-state index in [1.807, 2.05) is 6.20 Å². The number of hydrogen-bond donors (Lipinski definition) is 1. The molecule has 1 aliphatic carbocycles. The Morgan fingerprint density at radius 1 is 1.35 bits per heavy atom. The molecule has 0 aliphatic heterocycles. The quantitative estimate of drug-likeness (QED) is 0.877. The molecule has 2 atom stereocenters. The summed E-state index contributed by atoms with van der Waals surface area (Å²) < 4.78 is 2.21. The Labute approximate surface area is 102 Å². The van der Waals surface area contributed by atoms with Crippen LogP contribution in [0.2, 0.25) is 0 Å². The summed E-state index contributed by atoms with van der Waals surface area (Å²) in [6, 6.07) is 9.71. The zero-order chi connectivity index (χ0) is 11.7. The molecule has 3 heteroatoms. The van der Waals surface area contributed by atoms with Gasteiger partial charge in [-0.2, -0.15) is 5.10 Å². The lowest BCUT2D eigenvalue weighted by Crippen LogP contribution is -2.26. The Balaban J connectivity index is 1.85. The van der Waals surface area contributed by atoms with Gasteiger partial charge in [-0.25, -0.2) is 0 Å². The fourth-order valence-corrected chi connectivity index (χ4v) is 2.94. The van der Waals surface area contributed by atoms with Crippen LogP contribution in [0.5, 0.6) is 0 Å². The van der Waals surface area contributed by atoms with Crippen LogP contribution < -0.4 is 5.32 Å². The third-order valence-electron chi connectivity index (χ3n) is 3.75. The highest BCUT2D eigenvalue weighted by Gasteiger charge is 2.26. The summed E-state index contributed by atoms with van der Waals surface area (Å²) >= 11 is 0. The Kier molecular flexibility index (Phi) is 2.85. The van der Waals surface area contributed by atoms with Gasteiger partial charge in [-0.05, 0) is 31.9 Å². The van der Waals surface area contributed by atoms with Gasteiger partial charge in [0, 0.05) is 11.4 Å². The normalized spacial score (nSPS) is 24.5. The van der Waals surface area contributed by atoms with Crippen molar-refractivity contribution < 1.29 is 0 Å². The van der Waals surface area contributed by atoms with E-state index in [0.29, 0.717) is 12.1 Å². The molecule has 1 fully saturated rings. The topological polar surface area (TPSA) is 29.9 Å². The van der Waals surface area contributed by atoms with Crippen LogP contribution in [0.3, 0.4) is 0 Å². The molecule has 17 heavy (non-hydrogen) atoms. The summed E-state index contributed by atoms with van der Waals surface area (Å²) in [4.78, 5) is 0. The number of nitrogens with zero attached hydrogens (tertiary/aromatic N) is 2. The Hall–Kier alpha value is -1.35. The monoisotopic (exact) mass is 229 g/mol. The molecule has 0 radical (unpaired) electrons. The number of aromatic nitrogens is 2. The van der Waals surface area contributed by atoms with Gasteiger partial charge in [-0.3, -0.25) is 4.68 Å². The minimum absolute atomic E-state index is 0.568. The number of fused-ring (bicyclic) bond motifs is 1. The SMILES string of the molecule is CCNC1CCC(n2ncc3ccccc32)C1. The first-order chi connectivity index (χ1) is 8.38. The van der Waals surface area contributed by atoms with Crippen molar-refractivity contribution in [2.24, 2.45) is 0 Å². The molecule has 2 aromatic rings. The van der Waals surface area contributed by atoms with Gasteiger partial charge < -0.3 is 5.32 Å². The number of nitrogens with one attached hydrogen (secondary N) is 1. The standard InChI is InChI=1S/C14H19N3/c1-2-15-12-7-8-13(9-12)17-14-6-4-3-5-11(14)10-16-17/h3-6,10,12-13,15H,2,7-9H2,1H3. The van der Waals surface area contributed by atoms with Crippen molar-refractivity contribution in [2.75, 3.05) is 6.54 Å². The van der Waals surface area contributed by atoms with Crippen LogP contribution in [0, 0.1) is 0 Å². The molecule has 0 amide bonds. The summed E-state index contributed by atoms with van der Waals surface area (Å²) in [5.41, 5.74) is 1.27. The molecular formula is C14H19N3. The molecule has 1 heterocycles. The third-order valence-corrected chi connectivity index (χ3v) is 3.75. The van der Waals surface area contributed by atoms with Crippen LogP contribution in [0.25, 0.3) is 10.9 Å². The molecule has 0 spiro atoms. The van der Waals surface area contributed by atoms with Crippen molar-refractivity contribution in [1.82, 2.24) is 15.1 Å². The first kappa shape index (κ1) is 10.8. The number of benzene rings is 1. The van der Waals surface area contributed by atoms with Crippen LogP contribution >= 0.6 is 0 Å². The van der Waals surface area contributed by atoms with Gasteiger partial charge in [0.2, 0.25) is 0 Å². The second-order valence-electron chi connectivity index (χ2n) is 4.87. The summed E-state index contributed by atoms with van der Waals surface area (Å²) in [6.45, 7) is 3.24. The van der Waals surface area contributed by atoms with Crippen LogP contribution in [-0.4, -0.2) is 22.4 Å². The van der Waals surface area contributed by atoms with E-state index in [1.165, 1.54) is 30.2 Å². The first-order valence-corrected chi connectivity index (χ1v) is 6.54. The van der Waals surface area contributed by atoms with Gasteiger partial charge in [0.25, 0.3) is 0 Å². The summed E-state index contributed by atoms with van der Waals surface area (Å²) in [5, 5.41) is 9.35. The number of para-hydroxylation sites is 1. The average molecular weight is 229 g/mol. The Morgan fingerprint density at radius 2 is 2.24 bits per heavy atom. The third kappa shape index (κ3) is 1.95. The van der Waals surface area contributed by atoms with Gasteiger partial charge in [0.15, 0.2) is 0 Å². The van der Waals surface area contributed by atoms with E-state index < -0.39 is 0 Å². The van der Waals surface area contributed by atoms with E-state index in [9.17, 15) is 0 Å². The van der Waals surface area contributed by atoms with Gasteiger partial charge in [-0.15, -0.1) is 0 Å². The highest BCUT2D eigenvalue weighted by Crippen LogP contribution is 2.31. The summed E-state index contributed by atoms with van der Waals surface area (Å²) in [5.74, 6) is 0. The van der Waals surface area contributed by atoms with Gasteiger partial charge >= 0.3 is 0 Å². The molecule has 90 valence electrons. The molecule has 3 nitrogen and oxygen atoms in total. The molecule has 1 saturated carbocycles. The lowest BCUT2D eigenvalue weighted by Gasteiger charge is -2.13. The van der Waals surface area contributed by atoms with Crippen LogP contribution in [0.15, 0.2) is 30.5 Å². The second-order valence-corrected chi connectivity index (χ2v) is 4.87. The Bertz CT molecular complexity index is 503. The van der Waals surface area contributed by atoms with Crippen molar-refractivity contribution in [3.63, 3.8) is 0 Å². The summed E-state index contributed by atoms with van der Waals surface area (Å²) in [6.07, 6.45) is 5.70. The molecule has 1 aromatic heterocycles. The van der Waals surface area contributed by atoms with Crippen LogP contribution in [0.4, 0.5) is 0 Å². The molecule has 0 bridgehead atoms. The maximum atomic E-state index is 4.56. The first-order valence-electron chi connectivity index (χ1n) is 6.54. The van der Waals surface area contributed by atoms with Crippen molar-refractivity contribution in [2.45, 2.75) is 38.3 Å². The predicted octanol–water partition coefficient (Wildman–Crippen LogP) is 2.74. The van der Waals surface area contributed by atoms with Gasteiger partial charge in [0.1, 0.15) is 0 Å². The van der Waals surface area contributed by atoms with Crippen LogP contribution in [-0.2, 0) is 0 Å². The molecule has 0 saturated heterocycles. The Morgan fingerprint density at radius 3 is 3.12 bits per heavy atom. The van der Waals surface area contributed by atoms with E-state index in [2.05, 4.69) is 46.3 Å². The minimum atomic E-state index is 0.568. The van der Waals surface area contributed by atoms with Gasteiger partial charge in [0.05, 0.1) is 17.8 Å². The van der Waals surface area contributed by atoms with Crippen molar-refractivity contribution in [3.8, 4) is 0 Å². The predicted molar refractivity (Wildman–Crippen MR) is 70.1 cm³/mol. The maximum Gasteiger partial charge on any atom is 0.0685 e. The lowest BCUT2D eigenvalue weighted by molar-refractivity contribution is 0.456. The number of hydrogen-bond acceptors (Lipinski definition) is 2. The largest absolute Gasteiger partial charge is 0.314 e. The second kappa shape index (κ2) is 4.49. The molecule has 3 rings (SSSR count). The minimum Gasteiger partial charge on any atom is -0.314 e. The van der Waals surface area contributed by atoms with E-state index in [-0.39, 0.29) is 0 Å². The highest BCUT2D eigenvalue weighted by molar-refractivity contribution is 5.78. The molecule has 2 unspecified atom stereocenters. The fraction of sp³-hybridized carbons (Fsp3) is 0.500. The van der Waals surface area contributed by atoms with Crippen molar-refractivity contribution >= 4 is 10.9 Å². The maximum absolute atomic E-state index is 4.56. The van der Waals surface area contributed by atoms with Gasteiger partial charge in [-0.1, -0.05) is 25.1 Å². The smallest absolute Gasteiger partial charge is 0.0685 e. The fourth-order valence-electron chi connectivity index (χ4n) is 2.94. The van der Waals surface area contributed by atoms with E-state index >= 15 is 0 Å². The average Bonchev–Trinajstić information content (AvgIpc) is 2.95. The molecule has 1 aliphatic rings. The molecule has 1 N–H and O–H groups in total. The van der Waals surface area contributed by atoms with Crippen LogP contribution in [0.1, 0.15) is 32.2 Å². The molecular weight excluding hydrogens is 210 g/mol. The van der Waals surface area contributed by atoms with Crippen molar-refractivity contribution in [1.29, 1.82) is 0 Å². The molecule has 1 aromatic carbocycles.